The van der Waals surface area contributed by atoms with Gasteiger partial charge < -0.3 is 0 Å². The van der Waals surface area contributed by atoms with Gasteiger partial charge in [-0.15, -0.1) is 5.47 Å². The van der Waals surface area contributed by atoms with Crippen LogP contribution in [0.1, 0.15) is 13.3 Å². The van der Waals surface area contributed by atoms with Gasteiger partial charge >= 0.3 is 0 Å². The van der Waals surface area contributed by atoms with Gasteiger partial charge in [0.25, 0.3) is 0 Å². The summed E-state index contributed by atoms with van der Waals surface area (Å²) in [6.07, 6.45) is 21.4. The minimum absolute atomic E-state index is 0.480. The van der Waals surface area contributed by atoms with Crippen molar-refractivity contribution in [2.24, 2.45) is 5.92 Å². The maximum absolute atomic E-state index is 2.46. The van der Waals surface area contributed by atoms with Gasteiger partial charge in [-0.3, -0.25) is 0 Å². The van der Waals surface area contributed by atoms with E-state index in [1.54, 1.807) is 0 Å². The second-order valence-electron chi connectivity index (χ2n) is 5.61. The van der Waals surface area contributed by atoms with E-state index in [0.29, 0.717) is 11.7 Å². The molecule has 19 heavy (non-hydrogen) atoms. The van der Waals surface area contributed by atoms with Gasteiger partial charge in [-0.1, -0.05) is 61.6 Å². The van der Waals surface area contributed by atoms with Gasteiger partial charge in [0.15, 0.2) is 7.28 Å². The van der Waals surface area contributed by atoms with Crippen molar-refractivity contribution in [3.63, 3.8) is 0 Å². The highest BCUT2D eigenvalue weighted by molar-refractivity contribution is 6.50. The van der Waals surface area contributed by atoms with Gasteiger partial charge in [0.1, 0.15) is 0 Å². The van der Waals surface area contributed by atoms with Crippen molar-refractivity contribution in [2.45, 2.75) is 19.2 Å². The second-order valence-corrected chi connectivity index (χ2v) is 5.61. The van der Waals surface area contributed by atoms with E-state index in [1.165, 1.54) is 27.8 Å². The first kappa shape index (κ1) is 11.1. The van der Waals surface area contributed by atoms with Gasteiger partial charge in [-0.05, 0) is 40.4 Å². The molecule has 0 saturated heterocycles. The van der Waals surface area contributed by atoms with Crippen molar-refractivity contribution in [3.8, 4) is 0 Å². The first-order valence-electron chi connectivity index (χ1n) is 7.07. The third-order valence-corrected chi connectivity index (χ3v) is 4.50. The van der Waals surface area contributed by atoms with Crippen LogP contribution >= 0.6 is 0 Å². The summed E-state index contributed by atoms with van der Waals surface area (Å²) in [6, 6.07) is 0. The van der Waals surface area contributed by atoms with Crippen molar-refractivity contribution in [1.29, 1.82) is 0 Å². The number of hydrogen-bond donors (Lipinski definition) is 0. The molecule has 0 aromatic carbocycles. The van der Waals surface area contributed by atoms with Crippen LogP contribution in [0.2, 0.25) is 5.82 Å². The Labute approximate surface area is 115 Å². The molecule has 2 unspecified atom stereocenters. The minimum Gasteiger partial charge on any atom is -0.101 e. The van der Waals surface area contributed by atoms with Gasteiger partial charge in [-0.25, -0.2) is 0 Å². The van der Waals surface area contributed by atoms with E-state index in [2.05, 4.69) is 68.9 Å². The van der Waals surface area contributed by atoms with Crippen molar-refractivity contribution in [2.75, 3.05) is 0 Å². The van der Waals surface area contributed by atoms with E-state index in [9.17, 15) is 0 Å². The lowest BCUT2D eigenvalue weighted by Gasteiger charge is -2.25. The van der Waals surface area contributed by atoms with Crippen LogP contribution in [0.15, 0.2) is 82.4 Å². The fourth-order valence-corrected chi connectivity index (χ4v) is 3.45. The Morgan fingerprint density at radius 1 is 1.05 bits per heavy atom. The van der Waals surface area contributed by atoms with E-state index < -0.39 is 0 Å². The normalized spacial score (nSPS) is 35.1. The largest absolute Gasteiger partial charge is 0.161 e. The Hall–Kier alpha value is -1.76. The molecule has 1 radical (unpaired) electrons. The Bertz CT molecular complexity index is 647. The lowest BCUT2D eigenvalue weighted by atomic mass is 9.49. The molecule has 0 saturated carbocycles. The van der Waals surface area contributed by atoms with Crippen molar-refractivity contribution >= 4 is 7.28 Å². The van der Waals surface area contributed by atoms with E-state index in [-0.39, 0.29) is 0 Å². The van der Waals surface area contributed by atoms with Gasteiger partial charge in [-0.2, -0.15) is 0 Å². The Morgan fingerprint density at radius 3 is 2.95 bits per heavy atom. The smallest absolute Gasteiger partial charge is 0.101 e. The molecule has 2 heterocycles. The number of rotatable bonds is 0. The van der Waals surface area contributed by atoms with Gasteiger partial charge in [0.05, 0.1) is 0 Å². The monoisotopic (exact) mass is 243 g/mol. The fraction of sp³-hybridized carbons (Fsp3) is 0.222. The lowest BCUT2D eigenvalue weighted by molar-refractivity contribution is 0.901. The van der Waals surface area contributed by atoms with E-state index in [1.807, 2.05) is 0 Å². The first-order chi connectivity index (χ1) is 9.34. The van der Waals surface area contributed by atoms with Crippen LogP contribution in [0.4, 0.5) is 0 Å². The van der Waals surface area contributed by atoms with Gasteiger partial charge in [0, 0.05) is 0 Å². The zero-order valence-electron chi connectivity index (χ0n) is 11.1. The molecule has 2 aliphatic carbocycles. The number of fused-ring (bicyclic) bond motifs is 3. The molecule has 2 atom stereocenters. The van der Waals surface area contributed by atoms with Crippen molar-refractivity contribution in [1.82, 2.24) is 0 Å². The summed E-state index contributed by atoms with van der Waals surface area (Å²) >= 11 is 0. The summed E-state index contributed by atoms with van der Waals surface area (Å²) in [5, 5.41) is 0. The molecule has 0 fully saturated rings. The van der Waals surface area contributed by atoms with Crippen LogP contribution < -0.4 is 0 Å². The third kappa shape index (κ3) is 1.61. The molecule has 2 aliphatic heterocycles. The summed E-state index contributed by atoms with van der Waals surface area (Å²) in [6.45, 7) is 2.27. The summed E-state index contributed by atoms with van der Waals surface area (Å²) in [5.74, 6) is 1.000. The number of allylic oxidation sites excluding steroid dienone is 14. The van der Waals surface area contributed by atoms with E-state index in [4.69, 9.17) is 0 Å². The third-order valence-electron chi connectivity index (χ3n) is 4.50. The molecule has 0 amide bonds. The zero-order valence-corrected chi connectivity index (χ0v) is 11.1. The highest BCUT2D eigenvalue weighted by atomic mass is 14.3. The number of hydrogen-bond acceptors (Lipinski definition) is 0. The topological polar surface area (TPSA) is 0 Å². The maximum atomic E-state index is 2.46. The Balaban J connectivity index is 1.94. The standard InChI is InChI=1S/C18H16B/c1-12-6-5-9-15-13-7-3-2-4-8-14(13)16-10-11-17(12)19-18(15)16/h2-6,8-12,18H,7H2,1H3/b6-5-,15-9-. The second kappa shape index (κ2) is 4.13. The van der Waals surface area contributed by atoms with Crippen LogP contribution in [-0.4, -0.2) is 7.28 Å². The molecule has 1 heteroatoms. The van der Waals surface area contributed by atoms with E-state index >= 15 is 0 Å². The van der Waals surface area contributed by atoms with Crippen molar-refractivity contribution in [3.05, 3.63) is 82.4 Å². The molecule has 91 valence electrons. The van der Waals surface area contributed by atoms with E-state index in [0.717, 1.165) is 6.42 Å². The van der Waals surface area contributed by atoms with Crippen molar-refractivity contribution < 1.29 is 0 Å². The molecule has 0 nitrogen and oxygen atoms in total. The highest BCUT2D eigenvalue weighted by Gasteiger charge is 2.35. The minimum atomic E-state index is 0.480. The van der Waals surface area contributed by atoms with Crippen LogP contribution in [0.3, 0.4) is 0 Å². The summed E-state index contributed by atoms with van der Waals surface area (Å²) in [7, 11) is 2.46. The lowest BCUT2D eigenvalue weighted by Crippen LogP contribution is -2.17. The molecule has 4 aliphatic rings. The quantitative estimate of drug-likeness (QED) is 0.557. The van der Waals surface area contributed by atoms with Crippen LogP contribution in [0.25, 0.3) is 0 Å². The molecule has 0 aromatic rings. The summed E-state index contributed by atoms with van der Waals surface area (Å²) < 4.78 is 0. The fourth-order valence-electron chi connectivity index (χ4n) is 3.45. The van der Waals surface area contributed by atoms with Crippen LogP contribution in [-0.2, 0) is 0 Å². The average molecular weight is 243 g/mol. The van der Waals surface area contributed by atoms with Crippen LogP contribution in [0.5, 0.6) is 0 Å². The Kier molecular flexibility index (Phi) is 2.41. The Morgan fingerprint density at radius 2 is 2.00 bits per heavy atom. The molecule has 0 N–H and O–H groups in total. The predicted octanol–water partition coefficient (Wildman–Crippen LogP) is 4.26. The predicted molar refractivity (Wildman–Crippen MR) is 82.0 cm³/mol. The SMILES string of the molecule is CC1/C=C\C=C2\C3=C(C=CC=CC3)C3=CC=C1[B]C32. The maximum Gasteiger partial charge on any atom is 0.161 e. The highest BCUT2D eigenvalue weighted by Crippen LogP contribution is 2.50. The average Bonchev–Trinajstić information content (AvgIpc) is 2.59. The zero-order chi connectivity index (χ0) is 12.8. The molecule has 0 aromatic heterocycles. The van der Waals surface area contributed by atoms with Crippen LogP contribution in [0, 0.1) is 5.92 Å². The molecule has 4 rings (SSSR count). The molecular weight excluding hydrogens is 227 g/mol. The molecule has 0 spiro atoms. The summed E-state index contributed by atoms with van der Waals surface area (Å²) in [5.41, 5.74) is 7.37. The molecule has 2 bridgehead atoms. The molecular formula is C18H16B. The first-order valence-corrected chi connectivity index (χ1v) is 7.07. The van der Waals surface area contributed by atoms with Gasteiger partial charge in [0.2, 0.25) is 0 Å². The summed E-state index contributed by atoms with van der Waals surface area (Å²) in [4.78, 5) is 0.